The zero-order valence-electron chi connectivity index (χ0n) is 13.9. The highest BCUT2D eigenvalue weighted by Crippen LogP contribution is 2.44. The Labute approximate surface area is 129 Å². The molecular weight excluding hydrogens is 258 g/mol. The first-order valence-corrected chi connectivity index (χ1v) is 8.51. The second-order valence-electron chi connectivity index (χ2n) is 6.18. The number of hydrogen-bond donors (Lipinski definition) is 2. The van der Waals surface area contributed by atoms with Crippen molar-refractivity contribution in [1.29, 1.82) is 0 Å². The molecule has 0 aliphatic heterocycles. The van der Waals surface area contributed by atoms with E-state index >= 15 is 0 Å². The van der Waals surface area contributed by atoms with Gasteiger partial charge in [0.25, 0.3) is 0 Å². The molecule has 1 unspecified atom stereocenters. The lowest BCUT2D eigenvalue weighted by atomic mass is 9.81. The highest BCUT2D eigenvalue weighted by atomic mass is 15.3. The first kappa shape index (κ1) is 16.5. The number of nitrogens with zero attached hydrogens (tertiary/aromatic N) is 1. The van der Waals surface area contributed by atoms with Crippen molar-refractivity contribution < 1.29 is 0 Å². The Morgan fingerprint density at radius 3 is 2.38 bits per heavy atom. The van der Waals surface area contributed by atoms with Gasteiger partial charge < -0.3 is 0 Å². The molecule has 3 N–H and O–H groups in total. The zero-order chi connectivity index (χ0) is 15.3. The first-order chi connectivity index (χ1) is 10.2. The van der Waals surface area contributed by atoms with Crippen molar-refractivity contribution in [2.75, 3.05) is 13.1 Å². The van der Waals surface area contributed by atoms with E-state index in [1.54, 1.807) is 0 Å². The van der Waals surface area contributed by atoms with Crippen LogP contribution in [-0.2, 0) is 6.42 Å². The summed E-state index contributed by atoms with van der Waals surface area (Å²) in [7, 11) is 0. The van der Waals surface area contributed by atoms with E-state index in [0.717, 1.165) is 19.5 Å². The Hall–Kier alpha value is -0.900. The molecule has 0 amide bonds. The summed E-state index contributed by atoms with van der Waals surface area (Å²) in [5, 5.41) is 0. The van der Waals surface area contributed by atoms with E-state index in [9.17, 15) is 0 Å². The SMILES string of the molecule is CCc1cccc(C(NN)C2(N(CC)CC)CCCC2)c1. The number of hydrogen-bond acceptors (Lipinski definition) is 3. The summed E-state index contributed by atoms with van der Waals surface area (Å²) in [6.45, 7) is 8.91. The van der Waals surface area contributed by atoms with Gasteiger partial charge in [0.2, 0.25) is 0 Å². The number of nitrogens with one attached hydrogen (secondary N) is 1. The van der Waals surface area contributed by atoms with Gasteiger partial charge >= 0.3 is 0 Å². The van der Waals surface area contributed by atoms with E-state index in [1.165, 1.54) is 36.8 Å². The average Bonchev–Trinajstić information content (AvgIpc) is 3.00. The lowest BCUT2D eigenvalue weighted by molar-refractivity contribution is 0.0626. The fraction of sp³-hybridized carbons (Fsp3) is 0.667. The Kier molecular flexibility index (Phi) is 5.80. The summed E-state index contributed by atoms with van der Waals surface area (Å²) in [4.78, 5) is 2.61. The molecule has 1 saturated carbocycles. The van der Waals surface area contributed by atoms with Crippen molar-refractivity contribution in [1.82, 2.24) is 10.3 Å². The van der Waals surface area contributed by atoms with Crippen LogP contribution in [0.4, 0.5) is 0 Å². The van der Waals surface area contributed by atoms with Crippen LogP contribution in [0.1, 0.15) is 63.6 Å². The fourth-order valence-electron chi connectivity index (χ4n) is 4.18. The lowest BCUT2D eigenvalue weighted by Crippen LogP contribution is -2.56. The zero-order valence-corrected chi connectivity index (χ0v) is 13.9. The standard InChI is InChI=1S/C18H31N3/c1-4-15-10-9-11-16(14-15)17(20-19)18(12-7-8-13-18)21(5-2)6-3/h9-11,14,17,20H,4-8,12-13,19H2,1-3H3. The van der Waals surface area contributed by atoms with Gasteiger partial charge in [-0.25, -0.2) is 0 Å². The molecule has 0 bridgehead atoms. The van der Waals surface area contributed by atoms with Gasteiger partial charge in [0.1, 0.15) is 0 Å². The van der Waals surface area contributed by atoms with E-state index in [4.69, 9.17) is 5.84 Å². The number of aryl methyl sites for hydroxylation is 1. The van der Waals surface area contributed by atoms with Crippen LogP contribution in [0.5, 0.6) is 0 Å². The lowest BCUT2D eigenvalue weighted by Gasteiger charge is -2.46. The van der Waals surface area contributed by atoms with Crippen LogP contribution >= 0.6 is 0 Å². The highest BCUT2D eigenvalue weighted by Gasteiger charge is 2.45. The van der Waals surface area contributed by atoms with Crippen molar-refractivity contribution in [3.63, 3.8) is 0 Å². The summed E-state index contributed by atoms with van der Waals surface area (Å²) in [6, 6.07) is 9.15. The monoisotopic (exact) mass is 289 g/mol. The van der Waals surface area contributed by atoms with Crippen LogP contribution in [0.25, 0.3) is 0 Å². The van der Waals surface area contributed by atoms with Crippen molar-refractivity contribution in [2.24, 2.45) is 5.84 Å². The van der Waals surface area contributed by atoms with Gasteiger partial charge in [-0.1, -0.05) is 57.9 Å². The maximum Gasteiger partial charge on any atom is 0.0644 e. The number of rotatable bonds is 7. The molecule has 118 valence electrons. The number of benzene rings is 1. The Morgan fingerprint density at radius 2 is 1.86 bits per heavy atom. The van der Waals surface area contributed by atoms with Gasteiger partial charge in [-0.05, 0) is 43.5 Å². The van der Waals surface area contributed by atoms with Crippen LogP contribution < -0.4 is 11.3 Å². The molecule has 1 atom stereocenters. The van der Waals surface area contributed by atoms with E-state index in [0.29, 0.717) is 0 Å². The van der Waals surface area contributed by atoms with Gasteiger partial charge in [0.15, 0.2) is 0 Å². The second kappa shape index (κ2) is 7.39. The summed E-state index contributed by atoms with van der Waals surface area (Å²) in [6.07, 6.45) is 6.16. The second-order valence-corrected chi connectivity index (χ2v) is 6.18. The van der Waals surface area contributed by atoms with Gasteiger partial charge in [-0.3, -0.25) is 16.2 Å². The van der Waals surface area contributed by atoms with Crippen molar-refractivity contribution in [2.45, 2.75) is 64.5 Å². The van der Waals surface area contributed by atoms with Crippen LogP contribution in [0.15, 0.2) is 24.3 Å². The molecule has 3 heteroatoms. The molecule has 0 heterocycles. The molecule has 0 saturated heterocycles. The van der Waals surface area contributed by atoms with Gasteiger partial charge in [0, 0.05) is 5.54 Å². The van der Waals surface area contributed by atoms with Gasteiger partial charge in [0.05, 0.1) is 6.04 Å². The molecule has 1 aromatic rings. The molecule has 0 radical (unpaired) electrons. The topological polar surface area (TPSA) is 41.3 Å². The largest absolute Gasteiger partial charge is 0.296 e. The van der Waals surface area contributed by atoms with Crippen molar-refractivity contribution in [3.05, 3.63) is 35.4 Å². The third-order valence-corrected chi connectivity index (χ3v) is 5.26. The van der Waals surface area contributed by atoms with E-state index < -0.39 is 0 Å². The van der Waals surface area contributed by atoms with Gasteiger partial charge in [-0.2, -0.15) is 0 Å². The quantitative estimate of drug-likeness (QED) is 0.597. The predicted molar refractivity (Wildman–Crippen MR) is 90.0 cm³/mol. The molecule has 1 aliphatic carbocycles. The first-order valence-electron chi connectivity index (χ1n) is 8.51. The normalized spacial score (nSPS) is 19.1. The van der Waals surface area contributed by atoms with E-state index in [1.807, 2.05) is 0 Å². The van der Waals surface area contributed by atoms with Crippen molar-refractivity contribution in [3.8, 4) is 0 Å². The molecule has 0 spiro atoms. The maximum absolute atomic E-state index is 6.03. The molecule has 0 aromatic heterocycles. The summed E-state index contributed by atoms with van der Waals surface area (Å²) >= 11 is 0. The fourth-order valence-corrected chi connectivity index (χ4v) is 4.18. The van der Waals surface area contributed by atoms with Crippen LogP contribution in [0, 0.1) is 0 Å². The van der Waals surface area contributed by atoms with E-state index in [2.05, 4.69) is 55.4 Å². The molecular formula is C18H31N3. The van der Waals surface area contributed by atoms with E-state index in [-0.39, 0.29) is 11.6 Å². The van der Waals surface area contributed by atoms with Crippen LogP contribution in [0.3, 0.4) is 0 Å². The summed E-state index contributed by atoms with van der Waals surface area (Å²) in [5.41, 5.74) is 6.06. The van der Waals surface area contributed by atoms with Crippen molar-refractivity contribution >= 4 is 0 Å². The number of nitrogens with two attached hydrogens (primary N) is 1. The smallest absolute Gasteiger partial charge is 0.0644 e. The highest BCUT2D eigenvalue weighted by molar-refractivity contribution is 5.29. The maximum atomic E-state index is 6.03. The molecule has 2 rings (SSSR count). The predicted octanol–water partition coefficient (Wildman–Crippen LogP) is 3.41. The average molecular weight is 289 g/mol. The summed E-state index contributed by atoms with van der Waals surface area (Å²) < 4.78 is 0. The molecule has 21 heavy (non-hydrogen) atoms. The minimum absolute atomic E-state index is 0.171. The Morgan fingerprint density at radius 1 is 1.19 bits per heavy atom. The third kappa shape index (κ3) is 3.15. The minimum Gasteiger partial charge on any atom is -0.296 e. The Bertz CT molecular complexity index is 434. The third-order valence-electron chi connectivity index (χ3n) is 5.26. The molecule has 1 aliphatic rings. The van der Waals surface area contributed by atoms with Gasteiger partial charge in [-0.15, -0.1) is 0 Å². The van der Waals surface area contributed by atoms with Crippen LogP contribution in [-0.4, -0.2) is 23.5 Å². The van der Waals surface area contributed by atoms with Crippen LogP contribution in [0.2, 0.25) is 0 Å². The molecule has 1 aromatic carbocycles. The summed E-state index contributed by atoms with van der Waals surface area (Å²) in [5.74, 6) is 6.03. The number of likely N-dealkylation sites (N-methyl/N-ethyl adjacent to an activating group) is 1. The minimum atomic E-state index is 0.171. The Balaban J connectivity index is 2.40. The number of hydrazine groups is 1. The molecule has 3 nitrogen and oxygen atoms in total. The molecule has 1 fully saturated rings.